The van der Waals surface area contributed by atoms with Crippen LogP contribution in [0, 0.1) is 0 Å². The molecule has 68 heavy (non-hydrogen) atoms. The number of hydrogen-bond donors (Lipinski definition) is 0. The van der Waals surface area contributed by atoms with Gasteiger partial charge in [0.1, 0.15) is 0 Å². The first kappa shape index (κ1) is 41.9. The van der Waals surface area contributed by atoms with Crippen LogP contribution in [-0.2, 0) is 0 Å². The third kappa shape index (κ3) is 8.25. The van der Waals surface area contributed by atoms with Crippen molar-refractivity contribution in [2.75, 3.05) is 9.80 Å². The summed E-state index contributed by atoms with van der Waals surface area (Å²) in [5, 5.41) is 6.08. The van der Waals surface area contributed by atoms with Crippen LogP contribution in [0.3, 0.4) is 0 Å². The largest absolute Gasteiger partial charge is 0.331 e. The Morgan fingerprint density at radius 3 is 1.57 bits per heavy atom. The molecule has 0 heterocycles. The SMILES string of the molecule is C=C(/C=C(\C=C/C)N(c1cccc(-c2ccccc2)c1)c1ccc2ccc3c4c(ccc1c24)C=CC(N(c1cccc(-c2ccccc2)c1)c1cccc(-c2ccccc2)c1)C=3)c1ccccc1. The standard InChI is InChI=1S/C66H50N2/c1-3-19-58(42-47(2)48-20-8-4-9-21-48)68(61-33-18-30-56(45-61)51-26-14-7-15-27-51)64-41-38-53-34-35-57-46-62(39-36-52-37-40-63(64)66(53)65(52)57)67(59-31-16-28-54(43-59)49-22-10-5-11-23-49)60-32-17-29-55(44-60)50-24-12-6-13-25-50/h3-46,62H,2H2,1H3/b19-3-,58-42+. The first-order valence-electron chi connectivity index (χ1n) is 23.4. The second kappa shape index (κ2) is 18.6. The third-order valence-electron chi connectivity index (χ3n) is 13.1. The van der Waals surface area contributed by atoms with Gasteiger partial charge in [0.2, 0.25) is 0 Å². The van der Waals surface area contributed by atoms with Crippen molar-refractivity contribution in [3.8, 4) is 33.4 Å². The Hall–Kier alpha value is -8.72. The second-order valence-corrected chi connectivity index (χ2v) is 17.3. The van der Waals surface area contributed by atoms with Gasteiger partial charge in [0, 0.05) is 28.1 Å². The number of hydrogen-bond acceptors (Lipinski definition) is 2. The van der Waals surface area contributed by atoms with Gasteiger partial charge in [0.05, 0.1) is 11.7 Å². The van der Waals surface area contributed by atoms with E-state index in [1.54, 1.807) is 0 Å². The van der Waals surface area contributed by atoms with Gasteiger partial charge in [0.25, 0.3) is 0 Å². The van der Waals surface area contributed by atoms with E-state index in [9.17, 15) is 0 Å². The van der Waals surface area contributed by atoms with E-state index in [2.05, 4.69) is 284 Å². The molecule has 0 saturated heterocycles. The van der Waals surface area contributed by atoms with E-state index in [-0.39, 0.29) is 6.04 Å². The molecular formula is C66H50N2. The Morgan fingerprint density at radius 2 is 1.00 bits per heavy atom. The Kier molecular flexibility index (Phi) is 11.5. The van der Waals surface area contributed by atoms with E-state index in [0.29, 0.717) is 0 Å². The molecule has 0 aliphatic heterocycles. The van der Waals surface area contributed by atoms with Crippen molar-refractivity contribution in [1.29, 1.82) is 0 Å². The monoisotopic (exact) mass is 870 g/mol. The van der Waals surface area contributed by atoms with Crippen LogP contribution in [0.4, 0.5) is 22.7 Å². The third-order valence-corrected chi connectivity index (χ3v) is 13.1. The molecule has 1 aliphatic rings. The zero-order valence-corrected chi connectivity index (χ0v) is 38.1. The Balaban J connectivity index is 1.10. The number of anilines is 4. The van der Waals surface area contributed by atoms with Gasteiger partial charge in [-0.05, 0) is 139 Å². The van der Waals surface area contributed by atoms with Crippen LogP contribution in [0.2, 0.25) is 0 Å². The number of allylic oxidation sites excluding steroid dienone is 4. The van der Waals surface area contributed by atoms with Gasteiger partial charge in [-0.1, -0.05) is 213 Å². The van der Waals surface area contributed by atoms with Crippen LogP contribution in [-0.4, -0.2) is 6.04 Å². The lowest BCUT2D eigenvalue weighted by Gasteiger charge is -2.31. The fourth-order valence-corrected chi connectivity index (χ4v) is 9.84. The van der Waals surface area contributed by atoms with E-state index in [0.717, 1.165) is 45.1 Å². The van der Waals surface area contributed by atoms with Gasteiger partial charge >= 0.3 is 0 Å². The minimum Gasteiger partial charge on any atom is -0.331 e. The predicted molar refractivity (Wildman–Crippen MR) is 292 cm³/mol. The van der Waals surface area contributed by atoms with Crippen molar-refractivity contribution < 1.29 is 0 Å². The minimum atomic E-state index is -0.107. The van der Waals surface area contributed by atoms with Crippen LogP contribution >= 0.6 is 0 Å². The smallest absolute Gasteiger partial charge is 0.0718 e. The van der Waals surface area contributed by atoms with Gasteiger partial charge in [-0.15, -0.1) is 0 Å². The lowest BCUT2D eigenvalue weighted by atomic mass is 9.93. The maximum absolute atomic E-state index is 4.59. The zero-order valence-electron chi connectivity index (χ0n) is 38.1. The highest BCUT2D eigenvalue weighted by molar-refractivity contribution is 6.18. The molecule has 1 unspecified atom stereocenters. The molecule has 1 atom stereocenters. The quantitative estimate of drug-likeness (QED) is 0.113. The molecular weight excluding hydrogens is 821 g/mol. The van der Waals surface area contributed by atoms with Crippen molar-refractivity contribution >= 4 is 62.0 Å². The van der Waals surface area contributed by atoms with Crippen LogP contribution in [0.15, 0.2) is 267 Å². The second-order valence-electron chi connectivity index (χ2n) is 17.3. The molecule has 11 rings (SSSR count). The highest BCUT2D eigenvalue weighted by Gasteiger charge is 2.24. The van der Waals surface area contributed by atoms with Crippen molar-refractivity contribution in [1.82, 2.24) is 0 Å². The summed E-state index contributed by atoms with van der Waals surface area (Å²) in [5.41, 5.74) is 15.7. The lowest BCUT2D eigenvalue weighted by Crippen LogP contribution is -2.29. The molecule has 0 spiro atoms. The summed E-state index contributed by atoms with van der Waals surface area (Å²) in [5.74, 6) is 0. The molecule has 1 aliphatic carbocycles. The van der Waals surface area contributed by atoms with Crippen LogP contribution in [0.1, 0.15) is 18.1 Å². The average Bonchev–Trinajstić information content (AvgIpc) is 3.60. The summed E-state index contributed by atoms with van der Waals surface area (Å²) < 4.78 is 0. The minimum absolute atomic E-state index is 0.107. The number of rotatable bonds is 12. The molecule has 2 nitrogen and oxygen atoms in total. The van der Waals surface area contributed by atoms with Crippen LogP contribution in [0.25, 0.3) is 72.7 Å². The van der Waals surface area contributed by atoms with E-state index < -0.39 is 0 Å². The van der Waals surface area contributed by atoms with E-state index >= 15 is 0 Å². The summed E-state index contributed by atoms with van der Waals surface area (Å²) in [4.78, 5) is 4.89. The fourth-order valence-electron chi connectivity index (χ4n) is 9.84. The Bertz CT molecular complexity index is 3500. The first-order valence-corrected chi connectivity index (χ1v) is 23.4. The summed E-state index contributed by atoms with van der Waals surface area (Å²) in [6.45, 7) is 6.67. The Labute approximate surface area is 399 Å². The van der Waals surface area contributed by atoms with Crippen molar-refractivity contribution in [2.45, 2.75) is 13.0 Å². The summed E-state index contributed by atoms with van der Waals surface area (Å²) in [6.07, 6.45) is 13.7. The van der Waals surface area contributed by atoms with Gasteiger partial charge in [-0.25, -0.2) is 0 Å². The van der Waals surface area contributed by atoms with Gasteiger partial charge in [0.15, 0.2) is 0 Å². The van der Waals surface area contributed by atoms with Gasteiger partial charge in [-0.3, -0.25) is 0 Å². The molecule has 0 N–H and O–H groups in total. The summed E-state index contributed by atoms with van der Waals surface area (Å²) in [7, 11) is 0. The van der Waals surface area contributed by atoms with Crippen molar-refractivity contribution in [3.05, 3.63) is 283 Å². The predicted octanol–water partition coefficient (Wildman–Crippen LogP) is 17.0. The number of benzene rings is 10. The van der Waals surface area contributed by atoms with Gasteiger partial charge < -0.3 is 9.80 Å². The lowest BCUT2D eigenvalue weighted by molar-refractivity contribution is 0.985. The maximum Gasteiger partial charge on any atom is 0.0718 e. The molecule has 10 aromatic rings. The molecule has 0 radical (unpaired) electrons. The van der Waals surface area contributed by atoms with Crippen molar-refractivity contribution in [3.63, 3.8) is 0 Å². The average molecular weight is 871 g/mol. The van der Waals surface area contributed by atoms with E-state index in [4.69, 9.17) is 0 Å². The van der Waals surface area contributed by atoms with E-state index in [1.807, 2.05) is 6.07 Å². The number of nitrogens with zero attached hydrogens (tertiary/aromatic N) is 2. The molecule has 0 saturated carbocycles. The maximum atomic E-state index is 4.59. The first-order chi connectivity index (χ1) is 33.6. The van der Waals surface area contributed by atoms with Crippen LogP contribution < -0.4 is 15.0 Å². The fraction of sp³-hybridized carbons (Fsp3) is 0.0303. The molecule has 2 heteroatoms. The molecule has 0 bridgehead atoms. The zero-order chi connectivity index (χ0) is 45.8. The highest BCUT2D eigenvalue weighted by Crippen LogP contribution is 2.43. The van der Waals surface area contributed by atoms with Crippen LogP contribution in [0.5, 0.6) is 0 Å². The highest BCUT2D eigenvalue weighted by atomic mass is 15.2. The summed E-state index contributed by atoms with van der Waals surface area (Å²) >= 11 is 0. The topological polar surface area (TPSA) is 6.48 Å². The molecule has 0 amide bonds. The molecule has 324 valence electrons. The van der Waals surface area contributed by atoms with E-state index in [1.165, 1.54) is 60.1 Å². The molecule has 0 aromatic heterocycles. The molecule has 0 fully saturated rings. The van der Waals surface area contributed by atoms with Gasteiger partial charge in [-0.2, -0.15) is 0 Å². The molecule has 10 aromatic carbocycles. The summed E-state index contributed by atoms with van der Waals surface area (Å²) in [6, 6.07) is 82.9. The Morgan fingerprint density at radius 1 is 0.485 bits per heavy atom. The normalized spacial score (nSPS) is 13.4. The van der Waals surface area contributed by atoms with Crippen molar-refractivity contribution in [2.24, 2.45) is 0 Å².